The molecule has 1 rings (SSSR count). The van der Waals surface area contributed by atoms with Gasteiger partial charge in [-0.3, -0.25) is 10.3 Å². The molecule has 0 aromatic carbocycles. The van der Waals surface area contributed by atoms with Gasteiger partial charge in [-0.1, -0.05) is 6.07 Å². The highest BCUT2D eigenvalue weighted by Crippen LogP contribution is 2.09. The summed E-state index contributed by atoms with van der Waals surface area (Å²) in [6, 6.07) is 3.94. The van der Waals surface area contributed by atoms with Crippen molar-refractivity contribution in [1.29, 1.82) is 5.41 Å². The van der Waals surface area contributed by atoms with Gasteiger partial charge in [-0.2, -0.15) is 0 Å². The number of hydrogen-bond acceptors (Lipinski definition) is 3. The average Bonchev–Trinajstić information content (AvgIpc) is 2.65. The summed E-state index contributed by atoms with van der Waals surface area (Å²) < 4.78 is 0. The maximum atomic E-state index is 7.13. The maximum Gasteiger partial charge on any atom is 0.198 e. The Labute approximate surface area is 86.6 Å². The van der Waals surface area contributed by atoms with Gasteiger partial charge in [0.15, 0.2) is 11.9 Å². The Kier molecular flexibility index (Phi) is 3.47. The van der Waals surface area contributed by atoms with E-state index < -0.39 is 0 Å². The van der Waals surface area contributed by atoms with E-state index in [1.807, 2.05) is 17.5 Å². The first-order valence-corrected chi connectivity index (χ1v) is 4.89. The molecule has 0 fully saturated rings. The third-order valence-corrected chi connectivity index (χ3v) is 2.54. The summed E-state index contributed by atoms with van der Waals surface area (Å²) in [4.78, 5) is 6.55. The number of nitrogens with one attached hydrogen (secondary N) is 1. The SMILES string of the molecule is CN(C(=N)N)C(N)=NCc1cccs1. The van der Waals surface area contributed by atoms with Gasteiger partial charge in [-0.05, 0) is 11.4 Å². The molecule has 0 radical (unpaired) electrons. The lowest BCUT2D eigenvalue weighted by atomic mass is 10.5. The summed E-state index contributed by atoms with van der Waals surface area (Å²) >= 11 is 1.62. The Morgan fingerprint density at radius 2 is 2.36 bits per heavy atom. The first-order chi connectivity index (χ1) is 6.61. The number of rotatable bonds is 2. The molecular weight excluding hydrogens is 198 g/mol. The molecule has 5 nitrogen and oxygen atoms in total. The summed E-state index contributed by atoms with van der Waals surface area (Å²) in [5.74, 6) is 0.142. The van der Waals surface area contributed by atoms with Gasteiger partial charge in [-0.15, -0.1) is 11.3 Å². The summed E-state index contributed by atoms with van der Waals surface area (Å²) in [6.07, 6.45) is 0. The Balaban J connectivity index is 2.56. The summed E-state index contributed by atoms with van der Waals surface area (Å²) in [5.41, 5.74) is 10.8. The van der Waals surface area contributed by atoms with Crippen LogP contribution in [0.25, 0.3) is 0 Å². The van der Waals surface area contributed by atoms with E-state index in [0.717, 1.165) is 4.88 Å². The van der Waals surface area contributed by atoms with E-state index in [-0.39, 0.29) is 11.9 Å². The lowest BCUT2D eigenvalue weighted by Crippen LogP contribution is -2.42. The highest BCUT2D eigenvalue weighted by atomic mass is 32.1. The summed E-state index contributed by atoms with van der Waals surface area (Å²) in [5, 5.41) is 9.11. The fraction of sp³-hybridized carbons (Fsp3) is 0.250. The third-order valence-electron chi connectivity index (χ3n) is 1.68. The Bertz CT molecular complexity index is 330. The van der Waals surface area contributed by atoms with Crippen LogP contribution in [0.3, 0.4) is 0 Å². The zero-order valence-electron chi connectivity index (χ0n) is 7.90. The van der Waals surface area contributed by atoms with Crippen molar-refractivity contribution in [2.24, 2.45) is 16.5 Å². The Hall–Kier alpha value is -1.56. The van der Waals surface area contributed by atoms with Crippen molar-refractivity contribution in [2.75, 3.05) is 7.05 Å². The lowest BCUT2D eigenvalue weighted by Gasteiger charge is -2.14. The van der Waals surface area contributed by atoms with Crippen LogP contribution in [-0.2, 0) is 6.54 Å². The van der Waals surface area contributed by atoms with Crippen molar-refractivity contribution in [2.45, 2.75) is 6.54 Å². The average molecular weight is 211 g/mol. The highest BCUT2D eigenvalue weighted by molar-refractivity contribution is 7.09. The second-order valence-electron chi connectivity index (χ2n) is 2.70. The van der Waals surface area contributed by atoms with Crippen molar-refractivity contribution >= 4 is 23.3 Å². The molecule has 6 heteroatoms. The minimum absolute atomic E-state index is 0.113. The van der Waals surface area contributed by atoms with E-state index in [1.165, 1.54) is 4.90 Å². The number of hydrogen-bond donors (Lipinski definition) is 3. The minimum atomic E-state index is -0.113. The zero-order chi connectivity index (χ0) is 10.6. The molecule has 0 spiro atoms. The molecule has 0 saturated carbocycles. The molecule has 0 unspecified atom stereocenters. The standard InChI is InChI=1S/C8H13N5S/c1-13(7(9)10)8(11)12-5-6-3-2-4-14-6/h2-4H,5H2,1H3,(H3,9,10)(H2,11,12). The number of nitrogens with zero attached hydrogens (tertiary/aromatic N) is 2. The van der Waals surface area contributed by atoms with Crippen molar-refractivity contribution in [3.8, 4) is 0 Å². The molecule has 1 aromatic heterocycles. The predicted molar refractivity (Wildman–Crippen MR) is 59.3 cm³/mol. The van der Waals surface area contributed by atoms with Gasteiger partial charge in [0.05, 0.1) is 6.54 Å². The van der Waals surface area contributed by atoms with Gasteiger partial charge >= 0.3 is 0 Å². The predicted octanol–water partition coefficient (Wildman–Crippen LogP) is 0.388. The van der Waals surface area contributed by atoms with Crippen LogP contribution < -0.4 is 11.5 Å². The number of guanidine groups is 2. The second kappa shape index (κ2) is 4.61. The molecule has 0 aliphatic rings. The molecule has 76 valence electrons. The van der Waals surface area contributed by atoms with Crippen molar-refractivity contribution in [3.63, 3.8) is 0 Å². The summed E-state index contributed by atoms with van der Waals surface area (Å²) in [6.45, 7) is 0.529. The van der Waals surface area contributed by atoms with Crippen LogP contribution in [0.1, 0.15) is 4.88 Å². The van der Waals surface area contributed by atoms with E-state index in [4.69, 9.17) is 16.9 Å². The molecule has 1 aromatic rings. The summed E-state index contributed by atoms with van der Waals surface area (Å²) in [7, 11) is 1.61. The first kappa shape index (κ1) is 10.5. The van der Waals surface area contributed by atoms with Gasteiger partial charge in [0.1, 0.15) is 0 Å². The molecule has 0 saturated heterocycles. The van der Waals surface area contributed by atoms with E-state index >= 15 is 0 Å². The monoisotopic (exact) mass is 211 g/mol. The Morgan fingerprint density at radius 1 is 1.64 bits per heavy atom. The molecule has 0 atom stereocenters. The number of nitrogens with two attached hydrogens (primary N) is 2. The first-order valence-electron chi connectivity index (χ1n) is 4.01. The van der Waals surface area contributed by atoms with Crippen LogP contribution in [0.4, 0.5) is 0 Å². The van der Waals surface area contributed by atoms with E-state index in [9.17, 15) is 0 Å². The highest BCUT2D eigenvalue weighted by Gasteiger charge is 2.03. The van der Waals surface area contributed by atoms with E-state index in [2.05, 4.69) is 4.99 Å². The van der Waals surface area contributed by atoms with Gasteiger partial charge < -0.3 is 11.5 Å². The molecule has 1 heterocycles. The van der Waals surface area contributed by atoms with Crippen LogP contribution in [0.2, 0.25) is 0 Å². The largest absolute Gasteiger partial charge is 0.370 e. The van der Waals surface area contributed by atoms with Crippen LogP contribution in [0.5, 0.6) is 0 Å². The quantitative estimate of drug-likeness (QED) is 0.488. The molecule has 5 N–H and O–H groups in total. The van der Waals surface area contributed by atoms with Crippen LogP contribution in [0, 0.1) is 5.41 Å². The van der Waals surface area contributed by atoms with E-state index in [1.54, 1.807) is 18.4 Å². The normalized spacial score (nSPS) is 11.4. The lowest BCUT2D eigenvalue weighted by molar-refractivity contribution is 0.715. The van der Waals surface area contributed by atoms with Crippen LogP contribution in [0.15, 0.2) is 22.5 Å². The number of aliphatic imine (C=N–C) groups is 1. The zero-order valence-corrected chi connectivity index (χ0v) is 8.71. The molecule has 0 aliphatic heterocycles. The van der Waals surface area contributed by atoms with Gasteiger partial charge in [0, 0.05) is 11.9 Å². The van der Waals surface area contributed by atoms with Gasteiger partial charge in [0.2, 0.25) is 0 Å². The molecule has 14 heavy (non-hydrogen) atoms. The topological polar surface area (TPSA) is 91.5 Å². The van der Waals surface area contributed by atoms with Crippen LogP contribution in [-0.4, -0.2) is 23.9 Å². The third kappa shape index (κ3) is 2.74. The second-order valence-corrected chi connectivity index (χ2v) is 3.73. The smallest absolute Gasteiger partial charge is 0.198 e. The van der Waals surface area contributed by atoms with Crippen molar-refractivity contribution in [3.05, 3.63) is 22.4 Å². The fourth-order valence-corrected chi connectivity index (χ4v) is 1.42. The molecule has 0 aliphatic carbocycles. The fourth-order valence-electron chi connectivity index (χ4n) is 0.791. The van der Waals surface area contributed by atoms with Gasteiger partial charge in [0.25, 0.3) is 0 Å². The molecular formula is C8H13N5S. The van der Waals surface area contributed by atoms with Crippen LogP contribution >= 0.6 is 11.3 Å². The maximum absolute atomic E-state index is 7.13. The minimum Gasteiger partial charge on any atom is -0.370 e. The van der Waals surface area contributed by atoms with Gasteiger partial charge in [-0.25, -0.2) is 4.99 Å². The van der Waals surface area contributed by atoms with E-state index in [0.29, 0.717) is 6.54 Å². The molecule has 0 bridgehead atoms. The Morgan fingerprint density at radius 3 is 2.86 bits per heavy atom. The van der Waals surface area contributed by atoms with Crippen molar-refractivity contribution in [1.82, 2.24) is 4.90 Å². The van der Waals surface area contributed by atoms with Crippen molar-refractivity contribution < 1.29 is 0 Å². The number of thiophene rings is 1. The molecule has 0 amide bonds.